The quantitative estimate of drug-likeness (QED) is 0.897. The molecule has 1 aromatic carbocycles. The summed E-state index contributed by atoms with van der Waals surface area (Å²) in [5, 5.41) is 9.30. The van der Waals surface area contributed by atoms with Crippen LogP contribution in [-0.2, 0) is 4.79 Å². The molecule has 0 saturated carbocycles. The zero-order chi connectivity index (χ0) is 18.0. The van der Waals surface area contributed by atoms with Crippen molar-refractivity contribution in [1.82, 2.24) is 14.9 Å². The van der Waals surface area contributed by atoms with Crippen molar-refractivity contribution in [1.29, 1.82) is 5.26 Å². The van der Waals surface area contributed by atoms with E-state index in [9.17, 15) is 10.1 Å². The minimum Gasteiger partial charge on any atom is -0.369 e. The van der Waals surface area contributed by atoms with Gasteiger partial charge in [0, 0.05) is 31.5 Å². The molecule has 1 aliphatic heterocycles. The van der Waals surface area contributed by atoms with Gasteiger partial charge in [-0.25, -0.2) is 0 Å². The van der Waals surface area contributed by atoms with E-state index in [2.05, 4.69) is 27.9 Å². The molecule has 0 aliphatic carbocycles. The van der Waals surface area contributed by atoms with E-state index < -0.39 is 0 Å². The van der Waals surface area contributed by atoms with E-state index in [0.717, 1.165) is 30.7 Å². The predicted octanol–water partition coefficient (Wildman–Crippen LogP) is 1.13. The van der Waals surface area contributed by atoms with Crippen molar-refractivity contribution < 1.29 is 4.79 Å². The summed E-state index contributed by atoms with van der Waals surface area (Å²) in [6.45, 7) is 4.14. The van der Waals surface area contributed by atoms with Crippen molar-refractivity contribution in [2.24, 2.45) is 11.7 Å². The van der Waals surface area contributed by atoms with Gasteiger partial charge in [-0.3, -0.25) is 19.7 Å². The number of aromatic nitrogens is 2. The van der Waals surface area contributed by atoms with Gasteiger partial charge in [0.15, 0.2) is 0 Å². The largest absolute Gasteiger partial charge is 0.369 e. The SMILES string of the molecule is C[C@H]1C[C@@H](N(C)CC(N)=O)CN(c2ccc(C#N)c3nccnc23)C1. The Morgan fingerprint density at radius 2 is 2.08 bits per heavy atom. The molecule has 25 heavy (non-hydrogen) atoms. The number of likely N-dealkylation sites (N-methyl/N-ethyl adjacent to an activating group) is 1. The van der Waals surface area contributed by atoms with E-state index in [1.54, 1.807) is 18.5 Å². The van der Waals surface area contributed by atoms with Gasteiger partial charge in [-0.1, -0.05) is 6.92 Å². The molecule has 1 aromatic heterocycles. The molecule has 2 aromatic rings. The molecular formula is C18H22N6O. The van der Waals surface area contributed by atoms with Gasteiger partial charge in [0.1, 0.15) is 17.1 Å². The first-order valence-electron chi connectivity index (χ1n) is 8.37. The molecule has 130 valence electrons. The van der Waals surface area contributed by atoms with E-state index in [4.69, 9.17) is 5.73 Å². The Bertz CT molecular complexity index is 830. The van der Waals surface area contributed by atoms with Crippen molar-refractivity contribution in [3.63, 3.8) is 0 Å². The van der Waals surface area contributed by atoms with E-state index in [1.165, 1.54) is 0 Å². The molecule has 1 amide bonds. The zero-order valence-corrected chi connectivity index (χ0v) is 14.5. The predicted molar refractivity (Wildman–Crippen MR) is 95.9 cm³/mol. The number of primary amides is 1. The number of benzene rings is 1. The van der Waals surface area contributed by atoms with Crippen molar-refractivity contribution in [2.45, 2.75) is 19.4 Å². The standard InChI is InChI=1S/C18H22N6O/c1-12-7-14(23(2)11-16(20)25)10-24(9-12)15-4-3-13(8-19)17-18(15)22-6-5-21-17/h3-6,12,14H,7,9-11H2,1-2H3,(H2,20,25)/t12-,14+/m0/s1. The first-order chi connectivity index (χ1) is 12.0. The minimum atomic E-state index is -0.318. The summed E-state index contributed by atoms with van der Waals surface area (Å²) >= 11 is 0. The summed E-state index contributed by atoms with van der Waals surface area (Å²) < 4.78 is 0. The Morgan fingerprint density at radius 1 is 1.36 bits per heavy atom. The molecular weight excluding hydrogens is 316 g/mol. The van der Waals surface area contributed by atoms with E-state index in [0.29, 0.717) is 17.0 Å². The molecule has 1 fully saturated rings. The van der Waals surface area contributed by atoms with Gasteiger partial charge in [-0.15, -0.1) is 0 Å². The Hall–Kier alpha value is -2.72. The van der Waals surface area contributed by atoms with Crippen LogP contribution in [0, 0.1) is 17.2 Å². The Kier molecular flexibility index (Phi) is 4.81. The Labute approximate surface area is 147 Å². The fraction of sp³-hybridized carbons (Fsp3) is 0.444. The van der Waals surface area contributed by atoms with Crippen LogP contribution >= 0.6 is 0 Å². The van der Waals surface area contributed by atoms with Gasteiger partial charge in [0.25, 0.3) is 0 Å². The van der Waals surface area contributed by atoms with Crippen molar-refractivity contribution >= 4 is 22.6 Å². The number of nitrogens with zero attached hydrogens (tertiary/aromatic N) is 5. The third-order valence-corrected chi connectivity index (χ3v) is 4.73. The van der Waals surface area contributed by atoms with E-state index in [1.807, 2.05) is 18.0 Å². The van der Waals surface area contributed by atoms with Crippen LogP contribution in [0.15, 0.2) is 24.5 Å². The fourth-order valence-corrected chi connectivity index (χ4v) is 3.60. The number of nitriles is 1. The third kappa shape index (κ3) is 3.54. The van der Waals surface area contributed by atoms with E-state index >= 15 is 0 Å². The van der Waals surface area contributed by atoms with Gasteiger partial charge in [0.05, 0.1) is 17.8 Å². The number of anilines is 1. The van der Waals surface area contributed by atoms with E-state index in [-0.39, 0.29) is 18.5 Å². The lowest BCUT2D eigenvalue weighted by atomic mass is 9.94. The van der Waals surface area contributed by atoms with Gasteiger partial charge >= 0.3 is 0 Å². The third-order valence-electron chi connectivity index (χ3n) is 4.73. The summed E-state index contributed by atoms with van der Waals surface area (Å²) in [7, 11) is 1.93. The highest BCUT2D eigenvalue weighted by Crippen LogP contribution is 2.30. The lowest BCUT2D eigenvalue weighted by Gasteiger charge is -2.41. The maximum absolute atomic E-state index is 11.2. The molecule has 1 aliphatic rings. The summed E-state index contributed by atoms with van der Waals surface area (Å²) in [5.41, 5.74) is 8.22. The maximum atomic E-state index is 11.2. The summed E-state index contributed by atoms with van der Waals surface area (Å²) in [5.74, 6) is 0.151. The molecule has 0 radical (unpaired) electrons. The minimum absolute atomic E-state index is 0.235. The number of nitrogens with two attached hydrogens (primary N) is 1. The Balaban J connectivity index is 1.94. The fourth-order valence-electron chi connectivity index (χ4n) is 3.60. The first-order valence-corrected chi connectivity index (χ1v) is 8.37. The number of amides is 1. The molecule has 2 N–H and O–H groups in total. The number of hydrogen-bond donors (Lipinski definition) is 1. The summed E-state index contributed by atoms with van der Waals surface area (Å²) in [4.78, 5) is 24.3. The molecule has 1 saturated heterocycles. The van der Waals surface area contributed by atoms with Gasteiger partial charge in [-0.05, 0) is 31.5 Å². The normalized spacial score (nSPS) is 20.6. The molecule has 2 atom stereocenters. The number of hydrogen-bond acceptors (Lipinski definition) is 6. The van der Waals surface area contributed by atoms with Crippen LogP contribution in [0.5, 0.6) is 0 Å². The number of carbonyl (C=O) groups is 1. The number of fused-ring (bicyclic) bond motifs is 1. The van der Waals surface area contributed by atoms with Crippen LogP contribution in [0.4, 0.5) is 5.69 Å². The smallest absolute Gasteiger partial charge is 0.231 e. The van der Waals surface area contributed by atoms with Gasteiger partial charge in [-0.2, -0.15) is 5.26 Å². The molecule has 3 rings (SSSR count). The first kappa shape index (κ1) is 17.1. The molecule has 7 nitrogen and oxygen atoms in total. The lowest BCUT2D eigenvalue weighted by molar-refractivity contribution is -0.119. The second-order valence-corrected chi connectivity index (χ2v) is 6.78. The topological polar surface area (TPSA) is 99.1 Å². The molecule has 0 unspecified atom stereocenters. The van der Waals surface area contributed by atoms with Gasteiger partial charge in [0.2, 0.25) is 5.91 Å². The highest BCUT2D eigenvalue weighted by molar-refractivity contribution is 5.92. The second kappa shape index (κ2) is 7.03. The van der Waals surface area contributed by atoms with Crippen LogP contribution in [0.1, 0.15) is 18.9 Å². The molecule has 0 spiro atoms. The highest BCUT2D eigenvalue weighted by Gasteiger charge is 2.29. The van der Waals surface area contributed by atoms with Crippen LogP contribution in [-0.4, -0.2) is 53.5 Å². The Morgan fingerprint density at radius 3 is 2.76 bits per heavy atom. The highest BCUT2D eigenvalue weighted by atomic mass is 16.1. The van der Waals surface area contributed by atoms with Crippen molar-refractivity contribution in [3.8, 4) is 6.07 Å². The van der Waals surface area contributed by atoms with Crippen LogP contribution in [0.25, 0.3) is 11.0 Å². The van der Waals surface area contributed by atoms with Crippen LogP contribution < -0.4 is 10.6 Å². The average Bonchev–Trinajstić information content (AvgIpc) is 2.59. The monoisotopic (exact) mass is 338 g/mol. The number of rotatable bonds is 4. The van der Waals surface area contributed by atoms with Crippen LogP contribution in [0.3, 0.4) is 0 Å². The second-order valence-electron chi connectivity index (χ2n) is 6.78. The van der Waals surface area contributed by atoms with Crippen molar-refractivity contribution in [3.05, 3.63) is 30.1 Å². The lowest BCUT2D eigenvalue weighted by Crippen LogP contribution is -2.51. The summed E-state index contributed by atoms with van der Waals surface area (Å²) in [6, 6.07) is 6.15. The van der Waals surface area contributed by atoms with Gasteiger partial charge < -0.3 is 10.6 Å². The van der Waals surface area contributed by atoms with Crippen LogP contribution in [0.2, 0.25) is 0 Å². The molecule has 0 bridgehead atoms. The number of piperidine rings is 1. The number of carbonyl (C=O) groups excluding carboxylic acids is 1. The average molecular weight is 338 g/mol. The zero-order valence-electron chi connectivity index (χ0n) is 14.5. The maximum Gasteiger partial charge on any atom is 0.231 e. The molecule has 7 heteroatoms. The van der Waals surface area contributed by atoms with Crippen molar-refractivity contribution in [2.75, 3.05) is 31.6 Å². The molecule has 2 heterocycles. The summed E-state index contributed by atoms with van der Waals surface area (Å²) in [6.07, 6.45) is 4.27.